The molecule has 3 fully saturated rings. The second-order valence-electron chi connectivity index (χ2n) is 9.91. The van der Waals surface area contributed by atoms with Crippen LogP contribution in [0.15, 0.2) is 30.7 Å². The van der Waals surface area contributed by atoms with Gasteiger partial charge in [0.15, 0.2) is 0 Å². The average molecular weight is 485 g/mol. The number of halogens is 1. The van der Waals surface area contributed by atoms with Crippen molar-refractivity contribution in [3.8, 4) is 5.69 Å². The van der Waals surface area contributed by atoms with E-state index in [1.165, 1.54) is 7.11 Å². The largest absolute Gasteiger partial charge is 0.469 e. The summed E-state index contributed by atoms with van der Waals surface area (Å²) in [5, 5.41) is 10.9. The molecule has 1 aliphatic carbocycles. The number of anilines is 1. The highest BCUT2D eigenvalue weighted by molar-refractivity contribution is 6.34. The van der Waals surface area contributed by atoms with Crippen LogP contribution in [0, 0.1) is 5.92 Å². The molecule has 0 N–H and O–H groups in total. The van der Waals surface area contributed by atoms with Crippen molar-refractivity contribution in [3.05, 3.63) is 35.7 Å². The number of nitrogens with zero attached hydrogens (tertiary/aromatic N) is 6. The number of fused-ring (bicyclic) bond motifs is 1. The van der Waals surface area contributed by atoms with Crippen LogP contribution in [-0.2, 0) is 14.3 Å². The van der Waals surface area contributed by atoms with Gasteiger partial charge >= 0.3 is 5.97 Å². The van der Waals surface area contributed by atoms with Gasteiger partial charge in [0.25, 0.3) is 0 Å². The predicted octanol–water partition coefficient (Wildman–Crippen LogP) is 2.91. The van der Waals surface area contributed by atoms with Crippen LogP contribution in [0.2, 0.25) is 5.02 Å². The number of benzene rings is 1. The maximum absolute atomic E-state index is 11.7. The highest BCUT2D eigenvalue weighted by atomic mass is 35.5. The molecule has 2 aliphatic heterocycles. The number of rotatable bonds is 5. The molecule has 1 saturated carbocycles. The molecule has 0 radical (unpaired) electrons. The molecule has 4 heterocycles. The number of esters is 1. The van der Waals surface area contributed by atoms with Crippen LogP contribution in [0.5, 0.6) is 0 Å². The number of hydrogen-bond acceptors (Lipinski definition) is 7. The van der Waals surface area contributed by atoms with Gasteiger partial charge in [-0.25, -0.2) is 4.68 Å². The quantitative estimate of drug-likeness (QED) is 0.515. The van der Waals surface area contributed by atoms with Crippen molar-refractivity contribution in [1.82, 2.24) is 24.5 Å². The summed E-state index contributed by atoms with van der Waals surface area (Å²) in [6, 6.07) is 4.35. The van der Waals surface area contributed by atoms with Gasteiger partial charge in [-0.1, -0.05) is 11.6 Å². The minimum atomic E-state index is -0.137. The van der Waals surface area contributed by atoms with Crippen molar-refractivity contribution < 1.29 is 14.3 Å². The standard InChI is InChI=1S/C24H29ClN6O3/c1-24(14-34-15-24)29-5-3-28(4-6-29)22-10-21-17(9-20(22)25)11-27-31(21)19-12-26-30(13-19)18-7-16(8-18)23(32)33-2/h9-13,16,18H,3-8,14-15H2,1-2H3. The van der Waals surface area contributed by atoms with E-state index in [1.807, 2.05) is 34.0 Å². The van der Waals surface area contributed by atoms with E-state index in [2.05, 4.69) is 33.0 Å². The summed E-state index contributed by atoms with van der Waals surface area (Å²) in [5.74, 6) is -0.167. The van der Waals surface area contributed by atoms with Crippen molar-refractivity contribution in [1.29, 1.82) is 0 Å². The van der Waals surface area contributed by atoms with E-state index in [1.54, 1.807) is 0 Å². The fourth-order valence-electron chi connectivity index (χ4n) is 5.35. The van der Waals surface area contributed by atoms with E-state index < -0.39 is 0 Å². The van der Waals surface area contributed by atoms with Gasteiger partial charge in [-0.3, -0.25) is 14.4 Å². The Morgan fingerprint density at radius 3 is 2.59 bits per heavy atom. The molecule has 34 heavy (non-hydrogen) atoms. The van der Waals surface area contributed by atoms with E-state index in [-0.39, 0.29) is 23.5 Å². The summed E-state index contributed by atoms with van der Waals surface area (Å²) < 4.78 is 14.1. The Labute approximate surface area is 203 Å². The molecule has 2 aromatic heterocycles. The molecule has 0 amide bonds. The van der Waals surface area contributed by atoms with E-state index >= 15 is 0 Å². The third-order valence-corrected chi connectivity index (χ3v) is 8.00. The molecule has 0 atom stereocenters. The lowest BCUT2D eigenvalue weighted by Gasteiger charge is -2.50. The van der Waals surface area contributed by atoms with Gasteiger partial charge in [-0.15, -0.1) is 0 Å². The summed E-state index contributed by atoms with van der Waals surface area (Å²) >= 11 is 6.71. The van der Waals surface area contributed by atoms with Crippen molar-refractivity contribution >= 4 is 34.2 Å². The zero-order valence-electron chi connectivity index (χ0n) is 19.5. The number of carbonyl (C=O) groups excluding carboxylic acids is 1. The Morgan fingerprint density at radius 1 is 1.15 bits per heavy atom. The molecule has 6 rings (SSSR count). The predicted molar refractivity (Wildman–Crippen MR) is 129 cm³/mol. The third kappa shape index (κ3) is 3.57. The first-order valence-electron chi connectivity index (χ1n) is 11.8. The molecule has 0 unspecified atom stereocenters. The first-order chi connectivity index (χ1) is 16.4. The summed E-state index contributed by atoms with van der Waals surface area (Å²) in [4.78, 5) is 16.6. The molecular weight excluding hydrogens is 456 g/mol. The number of carbonyl (C=O) groups is 1. The van der Waals surface area contributed by atoms with Gasteiger partial charge in [0.2, 0.25) is 0 Å². The molecule has 180 valence electrons. The van der Waals surface area contributed by atoms with Crippen LogP contribution in [-0.4, -0.2) is 82.5 Å². The topological polar surface area (TPSA) is 77.7 Å². The highest BCUT2D eigenvalue weighted by Crippen LogP contribution is 2.39. The van der Waals surface area contributed by atoms with Gasteiger partial charge in [-0.05, 0) is 31.9 Å². The van der Waals surface area contributed by atoms with Gasteiger partial charge in [0, 0.05) is 31.6 Å². The van der Waals surface area contributed by atoms with Crippen LogP contribution in [0.1, 0.15) is 25.8 Å². The van der Waals surface area contributed by atoms with Crippen LogP contribution >= 0.6 is 11.6 Å². The molecule has 10 heteroatoms. The van der Waals surface area contributed by atoms with Crippen molar-refractivity contribution in [3.63, 3.8) is 0 Å². The van der Waals surface area contributed by atoms with E-state index in [4.69, 9.17) is 21.1 Å². The minimum Gasteiger partial charge on any atom is -0.469 e. The summed E-state index contributed by atoms with van der Waals surface area (Å²) in [6.45, 7) is 7.75. The zero-order valence-corrected chi connectivity index (χ0v) is 20.2. The summed E-state index contributed by atoms with van der Waals surface area (Å²) in [7, 11) is 1.44. The fraction of sp³-hybridized carbons (Fsp3) is 0.542. The van der Waals surface area contributed by atoms with Crippen LogP contribution in [0.25, 0.3) is 16.6 Å². The Kier molecular flexibility index (Phi) is 5.31. The first-order valence-corrected chi connectivity index (χ1v) is 12.2. The van der Waals surface area contributed by atoms with E-state index in [0.29, 0.717) is 0 Å². The van der Waals surface area contributed by atoms with E-state index in [0.717, 1.165) is 79.5 Å². The van der Waals surface area contributed by atoms with Crippen molar-refractivity contribution in [2.75, 3.05) is 51.4 Å². The molecule has 1 aromatic carbocycles. The maximum atomic E-state index is 11.7. The zero-order chi connectivity index (χ0) is 23.4. The monoisotopic (exact) mass is 484 g/mol. The lowest BCUT2D eigenvalue weighted by molar-refractivity contribution is -0.149. The van der Waals surface area contributed by atoms with Gasteiger partial charge in [-0.2, -0.15) is 10.2 Å². The fourth-order valence-corrected chi connectivity index (χ4v) is 5.64. The average Bonchev–Trinajstić information content (AvgIpc) is 3.42. The van der Waals surface area contributed by atoms with Crippen molar-refractivity contribution in [2.45, 2.75) is 31.3 Å². The molecule has 9 nitrogen and oxygen atoms in total. The second-order valence-corrected chi connectivity index (χ2v) is 10.3. The molecular formula is C24H29ClN6O3. The van der Waals surface area contributed by atoms with Crippen LogP contribution in [0.3, 0.4) is 0 Å². The number of piperazine rings is 1. The maximum Gasteiger partial charge on any atom is 0.308 e. The number of aromatic nitrogens is 4. The van der Waals surface area contributed by atoms with Gasteiger partial charge in [0.1, 0.15) is 5.69 Å². The molecule has 3 aliphatic rings. The van der Waals surface area contributed by atoms with Crippen LogP contribution < -0.4 is 4.90 Å². The smallest absolute Gasteiger partial charge is 0.308 e. The second kappa shape index (κ2) is 8.25. The van der Waals surface area contributed by atoms with Gasteiger partial charge < -0.3 is 14.4 Å². The number of ether oxygens (including phenoxy) is 2. The molecule has 0 spiro atoms. The van der Waals surface area contributed by atoms with E-state index in [9.17, 15) is 4.79 Å². The first kappa shape index (κ1) is 21.9. The summed E-state index contributed by atoms with van der Waals surface area (Å²) in [5.41, 5.74) is 3.11. The third-order valence-electron chi connectivity index (χ3n) is 7.70. The Bertz CT molecular complexity index is 1220. The summed E-state index contributed by atoms with van der Waals surface area (Å²) in [6.07, 6.45) is 7.18. The van der Waals surface area contributed by atoms with Crippen molar-refractivity contribution in [2.24, 2.45) is 5.92 Å². The Hall–Kier alpha value is -2.62. The SMILES string of the molecule is COC(=O)C1CC(n2cc(-n3ncc4cc(Cl)c(N5CCN(C6(C)COC6)CC5)cc43)cn2)C1. The van der Waals surface area contributed by atoms with Gasteiger partial charge in [0.05, 0.1) is 72.6 Å². The Balaban J connectivity index is 1.21. The Morgan fingerprint density at radius 2 is 1.91 bits per heavy atom. The number of hydrogen-bond donors (Lipinski definition) is 0. The molecule has 2 saturated heterocycles. The molecule has 3 aromatic rings. The highest BCUT2D eigenvalue weighted by Gasteiger charge is 2.41. The van der Waals surface area contributed by atoms with Crippen LogP contribution in [0.4, 0.5) is 5.69 Å². The number of methoxy groups -OCH3 is 1. The normalized spacial score (nSPS) is 24.6. The minimum absolute atomic E-state index is 0.0299. The lowest BCUT2D eigenvalue weighted by Crippen LogP contribution is -2.64. The lowest BCUT2D eigenvalue weighted by atomic mass is 9.80. The molecule has 0 bridgehead atoms.